The average Bonchev–Trinajstić information content (AvgIpc) is 2.51. The molecule has 0 heterocycles. The van der Waals surface area contributed by atoms with Gasteiger partial charge in [0.25, 0.3) is 0 Å². The molecule has 0 fully saturated rings. The molecule has 6 heteroatoms. The van der Waals surface area contributed by atoms with E-state index in [1.54, 1.807) is 0 Å². The summed E-state index contributed by atoms with van der Waals surface area (Å²) in [5, 5.41) is 11.9. The van der Waals surface area contributed by atoms with Crippen molar-refractivity contribution in [3.63, 3.8) is 0 Å². The van der Waals surface area contributed by atoms with Crippen LogP contribution >= 0.6 is 31.9 Å². The third kappa shape index (κ3) is 5.24. The van der Waals surface area contributed by atoms with E-state index >= 15 is 0 Å². The van der Waals surface area contributed by atoms with Crippen LogP contribution in [0, 0.1) is 6.92 Å². The number of anilines is 1. The molecule has 0 amide bonds. The molecule has 0 atom stereocenters. The second kappa shape index (κ2) is 8.53. The van der Waals surface area contributed by atoms with Crippen molar-refractivity contribution in [3.05, 3.63) is 56.0 Å². The summed E-state index contributed by atoms with van der Waals surface area (Å²) in [5.74, 6) is -0.0936. The number of hydrogen-bond acceptors (Lipinski definition) is 3. The second-order valence-electron chi connectivity index (χ2n) is 5.53. The molecule has 2 N–H and O–H groups in total. The summed E-state index contributed by atoms with van der Waals surface area (Å²) in [5.41, 5.74) is 4.24. The van der Waals surface area contributed by atoms with Crippen molar-refractivity contribution < 1.29 is 14.6 Å². The molecule has 2 aromatic carbocycles. The molecule has 2 rings (SSSR count). The monoisotopic (exact) mass is 455 g/mol. The summed E-state index contributed by atoms with van der Waals surface area (Å²) < 4.78 is 7.56. The van der Waals surface area contributed by atoms with Gasteiger partial charge in [-0.05, 0) is 86.2 Å². The van der Waals surface area contributed by atoms with Crippen molar-refractivity contribution in [2.45, 2.75) is 26.4 Å². The fourth-order valence-corrected chi connectivity index (χ4v) is 3.90. The first-order chi connectivity index (χ1) is 11.4. The van der Waals surface area contributed by atoms with E-state index in [9.17, 15) is 4.79 Å². The van der Waals surface area contributed by atoms with Crippen LogP contribution in [-0.2, 0) is 17.8 Å². The van der Waals surface area contributed by atoms with Gasteiger partial charge in [0, 0.05) is 19.2 Å². The van der Waals surface area contributed by atoms with Gasteiger partial charge in [-0.2, -0.15) is 0 Å². The summed E-state index contributed by atoms with van der Waals surface area (Å²) in [7, 11) is 1.89. The zero-order valence-electron chi connectivity index (χ0n) is 13.5. The third-order valence-corrected chi connectivity index (χ3v) is 4.67. The topological polar surface area (TPSA) is 58.6 Å². The van der Waals surface area contributed by atoms with Crippen molar-refractivity contribution in [2.75, 3.05) is 12.4 Å². The predicted octanol–water partition coefficient (Wildman–Crippen LogP) is 5.16. The number of halogens is 2. The molecule has 0 aromatic heterocycles. The number of carboxylic acid groups (broad SMARTS) is 1. The van der Waals surface area contributed by atoms with Crippen molar-refractivity contribution >= 4 is 43.5 Å². The minimum atomic E-state index is -0.803. The first-order valence-electron chi connectivity index (χ1n) is 7.50. The van der Waals surface area contributed by atoms with Crippen LogP contribution in [0.1, 0.15) is 23.1 Å². The molecular weight excluding hydrogens is 438 g/mol. The molecule has 0 saturated heterocycles. The van der Waals surface area contributed by atoms with Crippen LogP contribution in [0.3, 0.4) is 0 Å². The van der Waals surface area contributed by atoms with E-state index < -0.39 is 5.97 Å². The Kier molecular flexibility index (Phi) is 6.69. The summed E-state index contributed by atoms with van der Waals surface area (Å²) in [4.78, 5) is 10.7. The molecule has 0 radical (unpaired) electrons. The van der Waals surface area contributed by atoms with Gasteiger partial charge >= 0.3 is 5.97 Å². The van der Waals surface area contributed by atoms with Crippen LogP contribution in [0.15, 0.2) is 39.3 Å². The minimum Gasteiger partial charge on any atom is -0.487 e. The van der Waals surface area contributed by atoms with Crippen LogP contribution in [-0.4, -0.2) is 18.1 Å². The Balaban J connectivity index is 2.12. The number of carboxylic acids is 1. The van der Waals surface area contributed by atoms with Crippen molar-refractivity contribution in [1.29, 1.82) is 0 Å². The Bertz CT molecular complexity index is 724. The Hall–Kier alpha value is -1.53. The summed E-state index contributed by atoms with van der Waals surface area (Å²) >= 11 is 7.01. The maximum atomic E-state index is 10.7. The van der Waals surface area contributed by atoms with Crippen molar-refractivity contribution in [1.82, 2.24) is 0 Å². The number of aliphatic carboxylic acids is 1. The van der Waals surface area contributed by atoms with Gasteiger partial charge in [-0.3, -0.25) is 4.79 Å². The highest BCUT2D eigenvalue weighted by atomic mass is 79.9. The van der Waals surface area contributed by atoms with Crippen LogP contribution in [0.4, 0.5) is 5.69 Å². The summed E-state index contributed by atoms with van der Waals surface area (Å²) in [6, 6.07) is 10.0. The normalized spacial score (nSPS) is 10.5. The van der Waals surface area contributed by atoms with Crippen LogP contribution in [0.5, 0.6) is 5.75 Å². The van der Waals surface area contributed by atoms with E-state index in [0.717, 1.165) is 25.8 Å². The standard InChI is InChI=1S/C18H19Br2NO3/c1-11-5-13(7-14(6-11)21-2)10-24-18-15(19)8-12(9-16(18)20)3-4-17(22)23/h5-9,21H,3-4,10H2,1-2H3,(H,22,23). The lowest BCUT2D eigenvalue weighted by atomic mass is 10.1. The Morgan fingerprint density at radius 3 is 2.38 bits per heavy atom. The van der Waals surface area contributed by atoms with Gasteiger partial charge in [0.2, 0.25) is 0 Å². The lowest BCUT2D eigenvalue weighted by Gasteiger charge is -2.13. The van der Waals surface area contributed by atoms with E-state index in [1.165, 1.54) is 5.56 Å². The number of hydrogen-bond donors (Lipinski definition) is 2. The zero-order valence-corrected chi connectivity index (χ0v) is 16.7. The van der Waals surface area contributed by atoms with Gasteiger partial charge in [-0.15, -0.1) is 0 Å². The SMILES string of the molecule is CNc1cc(C)cc(COc2c(Br)cc(CCC(=O)O)cc2Br)c1. The highest BCUT2D eigenvalue weighted by Crippen LogP contribution is 2.35. The molecule has 0 spiro atoms. The number of rotatable bonds is 7. The molecule has 128 valence electrons. The number of benzene rings is 2. The van der Waals surface area contributed by atoms with Gasteiger partial charge in [0.1, 0.15) is 12.4 Å². The van der Waals surface area contributed by atoms with E-state index in [1.807, 2.05) is 26.1 Å². The largest absolute Gasteiger partial charge is 0.487 e. The van der Waals surface area contributed by atoms with Gasteiger partial charge in [0.15, 0.2) is 0 Å². The molecule has 0 aliphatic carbocycles. The molecule has 24 heavy (non-hydrogen) atoms. The summed E-state index contributed by atoms with van der Waals surface area (Å²) in [6.07, 6.45) is 0.589. The fraction of sp³-hybridized carbons (Fsp3) is 0.278. The minimum absolute atomic E-state index is 0.106. The Labute approximate surface area is 158 Å². The van der Waals surface area contributed by atoms with Crippen LogP contribution < -0.4 is 10.1 Å². The molecular formula is C18H19Br2NO3. The molecule has 0 aliphatic heterocycles. The van der Waals surface area contributed by atoms with E-state index in [2.05, 4.69) is 55.4 Å². The van der Waals surface area contributed by atoms with E-state index in [-0.39, 0.29) is 6.42 Å². The van der Waals surface area contributed by atoms with Crippen molar-refractivity contribution in [2.24, 2.45) is 0 Å². The van der Waals surface area contributed by atoms with E-state index in [0.29, 0.717) is 18.8 Å². The lowest BCUT2D eigenvalue weighted by Crippen LogP contribution is -2.01. The molecule has 2 aromatic rings. The molecule has 0 saturated carbocycles. The lowest BCUT2D eigenvalue weighted by molar-refractivity contribution is -0.136. The highest BCUT2D eigenvalue weighted by molar-refractivity contribution is 9.11. The van der Waals surface area contributed by atoms with Crippen LogP contribution in [0.25, 0.3) is 0 Å². The maximum Gasteiger partial charge on any atom is 0.303 e. The fourth-order valence-electron chi connectivity index (χ4n) is 2.39. The molecule has 0 aliphatic rings. The number of carbonyl (C=O) groups is 1. The average molecular weight is 457 g/mol. The number of nitrogens with one attached hydrogen (secondary N) is 1. The smallest absolute Gasteiger partial charge is 0.303 e. The molecule has 0 unspecified atom stereocenters. The maximum absolute atomic E-state index is 10.7. The van der Waals surface area contributed by atoms with Gasteiger partial charge in [-0.1, -0.05) is 6.07 Å². The van der Waals surface area contributed by atoms with E-state index in [4.69, 9.17) is 9.84 Å². The second-order valence-corrected chi connectivity index (χ2v) is 7.24. The number of aryl methyl sites for hydroxylation is 2. The van der Waals surface area contributed by atoms with Gasteiger partial charge < -0.3 is 15.2 Å². The zero-order chi connectivity index (χ0) is 17.7. The molecule has 0 bridgehead atoms. The Morgan fingerprint density at radius 1 is 1.12 bits per heavy atom. The van der Waals surface area contributed by atoms with Gasteiger partial charge in [-0.25, -0.2) is 0 Å². The molecule has 4 nitrogen and oxygen atoms in total. The first kappa shape index (κ1) is 18.8. The third-order valence-electron chi connectivity index (χ3n) is 3.49. The predicted molar refractivity (Wildman–Crippen MR) is 103 cm³/mol. The summed E-state index contributed by atoms with van der Waals surface area (Å²) in [6.45, 7) is 2.50. The van der Waals surface area contributed by atoms with Gasteiger partial charge in [0.05, 0.1) is 8.95 Å². The first-order valence-corrected chi connectivity index (χ1v) is 9.08. The van der Waals surface area contributed by atoms with Crippen LogP contribution in [0.2, 0.25) is 0 Å². The van der Waals surface area contributed by atoms with Crippen molar-refractivity contribution in [3.8, 4) is 5.75 Å². The Morgan fingerprint density at radius 2 is 1.79 bits per heavy atom. The quantitative estimate of drug-likeness (QED) is 0.604. The number of ether oxygens (including phenoxy) is 1. The highest BCUT2D eigenvalue weighted by Gasteiger charge is 2.11.